The third-order valence-electron chi connectivity index (χ3n) is 6.25. The number of nitrogens with zero attached hydrogens (tertiary/aromatic N) is 2. The maximum Gasteiger partial charge on any atom is 0.267 e. The van der Waals surface area contributed by atoms with E-state index in [1.54, 1.807) is 23.0 Å². The lowest BCUT2D eigenvalue weighted by molar-refractivity contribution is 0.0994. The van der Waals surface area contributed by atoms with E-state index in [1.165, 1.54) is 28.6 Å². The summed E-state index contributed by atoms with van der Waals surface area (Å²) in [4.78, 5) is 34.1. The van der Waals surface area contributed by atoms with Gasteiger partial charge in [-0.05, 0) is 62.4 Å². The van der Waals surface area contributed by atoms with Crippen LogP contribution in [0.1, 0.15) is 47.0 Å². The highest BCUT2D eigenvalue weighted by Gasteiger charge is 2.25. The van der Waals surface area contributed by atoms with Gasteiger partial charge in [0.15, 0.2) is 10.9 Å². The number of hydrogen-bond donors (Lipinski definition) is 0. The van der Waals surface area contributed by atoms with Crippen LogP contribution in [0.15, 0.2) is 64.5 Å². The van der Waals surface area contributed by atoms with Gasteiger partial charge in [0.2, 0.25) is 0 Å². The monoisotopic (exact) mass is 490 g/mol. The van der Waals surface area contributed by atoms with Gasteiger partial charge in [-0.3, -0.25) is 14.2 Å². The minimum absolute atomic E-state index is 0.0168. The molecule has 174 valence electrons. The molecule has 0 spiro atoms. The first-order valence-corrected chi connectivity index (χ1v) is 13.2. The molecule has 1 aliphatic carbocycles. The van der Waals surface area contributed by atoms with Crippen molar-refractivity contribution < 1.29 is 9.53 Å². The summed E-state index contributed by atoms with van der Waals surface area (Å²) in [7, 11) is 1.62. The summed E-state index contributed by atoms with van der Waals surface area (Å²) in [6, 6.07) is 16.7. The largest absolute Gasteiger partial charge is 0.497 e. The third-order valence-corrected chi connectivity index (χ3v) is 8.49. The van der Waals surface area contributed by atoms with Crippen LogP contribution >= 0.6 is 23.1 Å². The van der Waals surface area contributed by atoms with Crippen LogP contribution in [0.3, 0.4) is 0 Å². The van der Waals surface area contributed by atoms with Gasteiger partial charge in [-0.2, -0.15) is 0 Å². The fraction of sp³-hybridized carbons (Fsp3) is 0.296. The van der Waals surface area contributed by atoms with E-state index in [0.717, 1.165) is 47.3 Å². The van der Waals surface area contributed by atoms with Gasteiger partial charge in [-0.25, -0.2) is 4.98 Å². The standard InChI is InChI=1S/C27H26N2O3S2/c1-17(24(30)18-9-5-3-6-10-18)33-27-28-25-23(21-11-7-4-8-12-22(21)34-25)26(31)29(27)19-13-15-20(32-2)16-14-19/h3,5-6,9-10,13-17H,4,7-8,11-12H2,1-2H3. The topological polar surface area (TPSA) is 61.2 Å². The molecule has 5 rings (SSSR count). The van der Waals surface area contributed by atoms with E-state index in [4.69, 9.17) is 9.72 Å². The zero-order valence-corrected chi connectivity index (χ0v) is 20.9. The van der Waals surface area contributed by atoms with E-state index in [-0.39, 0.29) is 11.3 Å². The van der Waals surface area contributed by atoms with E-state index in [2.05, 4.69) is 0 Å². The molecule has 0 saturated carbocycles. The number of rotatable bonds is 6. The fourth-order valence-corrected chi connectivity index (χ4v) is 6.76. The molecular weight excluding hydrogens is 464 g/mol. The highest BCUT2D eigenvalue weighted by molar-refractivity contribution is 8.00. The van der Waals surface area contributed by atoms with Crippen LogP contribution in [0.4, 0.5) is 0 Å². The molecular formula is C27H26N2O3S2. The Labute approximate surface area is 206 Å². The summed E-state index contributed by atoms with van der Waals surface area (Å²) in [5.74, 6) is 0.736. The lowest BCUT2D eigenvalue weighted by Gasteiger charge is -2.16. The van der Waals surface area contributed by atoms with E-state index >= 15 is 0 Å². The van der Waals surface area contributed by atoms with Gasteiger partial charge < -0.3 is 4.74 Å². The predicted octanol–water partition coefficient (Wildman–Crippen LogP) is 6.09. The van der Waals surface area contributed by atoms with Crippen molar-refractivity contribution in [3.05, 3.63) is 81.0 Å². The van der Waals surface area contributed by atoms with Gasteiger partial charge in [-0.15, -0.1) is 11.3 Å². The minimum Gasteiger partial charge on any atom is -0.497 e. The Balaban J connectivity index is 1.64. The Morgan fingerprint density at radius 3 is 2.53 bits per heavy atom. The number of aryl methyl sites for hydroxylation is 2. The molecule has 0 saturated heterocycles. The Hall–Kier alpha value is -2.90. The number of ketones is 1. The summed E-state index contributed by atoms with van der Waals surface area (Å²) in [5, 5.41) is 0.883. The second-order valence-electron chi connectivity index (χ2n) is 8.47. The number of ether oxygens (including phenoxy) is 1. The molecule has 0 aliphatic heterocycles. The molecule has 1 unspecified atom stereocenters. The van der Waals surface area contributed by atoms with Gasteiger partial charge in [0.05, 0.1) is 23.4 Å². The van der Waals surface area contributed by atoms with Crippen LogP contribution in [-0.4, -0.2) is 27.7 Å². The van der Waals surface area contributed by atoms with E-state index in [1.807, 2.05) is 61.5 Å². The van der Waals surface area contributed by atoms with Gasteiger partial charge in [0, 0.05) is 10.4 Å². The molecule has 0 radical (unpaired) electrons. The molecule has 0 fully saturated rings. The molecule has 0 amide bonds. The molecule has 2 aromatic carbocycles. The number of benzene rings is 2. The zero-order chi connectivity index (χ0) is 23.7. The number of thioether (sulfide) groups is 1. The van der Waals surface area contributed by atoms with E-state index in [0.29, 0.717) is 10.7 Å². The lowest BCUT2D eigenvalue weighted by atomic mass is 10.1. The summed E-state index contributed by atoms with van der Waals surface area (Å²) in [6.07, 6.45) is 5.36. The highest BCUT2D eigenvalue weighted by atomic mass is 32.2. The van der Waals surface area contributed by atoms with Gasteiger partial charge >= 0.3 is 0 Å². The van der Waals surface area contributed by atoms with Crippen LogP contribution in [0.25, 0.3) is 15.9 Å². The van der Waals surface area contributed by atoms with Crippen LogP contribution in [-0.2, 0) is 12.8 Å². The van der Waals surface area contributed by atoms with Crippen molar-refractivity contribution in [1.29, 1.82) is 0 Å². The molecule has 4 aromatic rings. The maximum absolute atomic E-state index is 14.0. The average molecular weight is 491 g/mol. The van der Waals surface area contributed by atoms with Crippen molar-refractivity contribution in [1.82, 2.24) is 9.55 Å². The number of methoxy groups -OCH3 is 1. The number of fused-ring (bicyclic) bond motifs is 3. The number of carbonyl (C=O) groups excluding carboxylic acids is 1. The number of carbonyl (C=O) groups is 1. The third kappa shape index (κ3) is 4.30. The van der Waals surface area contributed by atoms with E-state index in [9.17, 15) is 9.59 Å². The second kappa shape index (κ2) is 9.76. The van der Waals surface area contributed by atoms with Crippen LogP contribution < -0.4 is 10.3 Å². The molecule has 5 nitrogen and oxygen atoms in total. The van der Waals surface area contributed by atoms with Crippen molar-refractivity contribution in [3.8, 4) is 11.4 Å². The van der Waals surface area contributed by atoms with Gasteiger partial charge in [-0.1, -0.05) is 48.5 Å². The molecule has 2 heterocycles. The van der Waals surface area contributed by atoms with Crippen molar-refractivity contribution in [2.24, 2.45) is 0 Å². The van der Waals surface area contributed by atoms with Crippen molar-refractivity contribution in [2.75, 3.05) is 7.11 Å². The normalized spacial score (nSPS) is 14.4. The molecule has 1 atom stereocenters. The summed E-state index contributed by atoms with van der Waals surface area (Å²) in [6.45, 7) is 1.87. The molecule has 34 heavy (non-hydrogen) atoms. The predicted molar refractivity (Wildman–Crippen MR) is 139 cm³/mol. The van der Waals surface area contributed by atoms with Crippen molar-refractivity contribution in [3.63, 3.8) is 0 Å². The zero-order valence-electron chi connectivity index (χ0n) is 19.2. The quantitative estimate of drug-likeness (QED) is 0.142. The molecule has 2 aromatic heterocycles. The maximum atomic E-state index is 14.0. The first-order chi connectivity index (χ1) is 16.6. The van der Waals surface area contributed by atoms with Crippen LogP contribution in [0, 0.1) is 0 Å². The number of aromatic nitrogens is 2. The minimum atomic E-state index is -0.394. The molecule has 0 bridgehead atoms. The Bertz CT molecular complexity index is 1390. The molecule has 1 aliphatic rings. The summed E-state index contributed by atoms with van der Waals surface area (Å²) in [5.41, 5.74) is 2.49. The summed E-state index contributed by atoms with van der Waals surface area (Å²) >= 11 is 2.98. The Morgan fingerprint density at radius 2 is 1.79 bits per heavy atom. The fourth-order valence-electron chi connectivity index (χ4n) is 4.45. The lowest BCUT2D eigenvalue weighted by Crippen LogP contribution is -2.24. The van der Waals surface area contributed by atoms with Crippen LogP contribution in [0.5, 0.6) is 5.75 Å². The Morgan fingerprint density at radius 1 is 1.06 bits per heavy atom. The van der Waals surface area contributed by atoms with Crippen LogP contribution in [0.2, 0.25) is 0 Å². The first-order valence-electron chi connectivity index (χ1n) is 11.5. The van der Waals surface area contributed by atoms with Crippen molar-refractivity contribution in [2.45, 2.75) is 49.4 Å². The highest BCUT2D eigenvalue weighted by Crippen LogP contribution is 2.35. The number of thiophene rings is 1. The first kappa shape index (κ1) is 22.9. The average Bonchev–Trinajstić information content (AvgIpc) is 3.05. The van der Waals surface area contributed by atoms with Gasteiger partial charge in [0.25, 0.3) is 5.56 Å². The van der Waals surface area contributed by atoms with E-state index < -0.39 is 5.25 Å². The van der Waals surface area contributed by atoms with Gasteiger partial charge in [0.1, 0.15) is 10.6 Å². The second-order valence-corrected chi connectivity index (χ2v) is 10.9. The molecule has 0 N–H and O–H groups in total. The smallest absolute Gasteiger partial charge is 0.267 e. The SMILES string of the molecule is COc1ccc(-n2c(SC(C)C(=O)c3ccccc3)nc3sc4c(c3c2=O)CCCCC4)cc1. The van der Waals surface area contributed by atoms with Crippen molar-refractivity contribution >= 4 is 39.1 Å². The number of Topliss-reactive ketones (excluding diaryl/α,β-unsaturated/α-hetero) is 1. The molecule has 7 heteroatoms. The number of hydrogen-bond acceptors (Lipinski definition) is 6. The summed E-state index contributed by atoms with van der Waals surface area (Å²) < 4.78 is 6.97. The Kier molecular flexibility index (Phi) is 6.57.